The van der Waals surface area contributed by atoms with Crippen LogP contribution in [0.2, 0.25) is 5.02 Å². The van der Waals surface area contributed by atoms with Crippen LogP contribution in [0.4, 0.5) is 0 Å². The van der Waals surface area contributed by atoms with E-state index < -0.39 is 12.0 Å². The molecule has 0 aromatic heterocycles. The van der Waals surface area contributed by atoms with Gasteiger partial charge in [-0.05, 0) is 23.8 Å². The van der Waals surface area contributed by atoms with Gasteiger partial charge in [0, 0.05) is 15.5 Å². The smallest absolute Gasteiger partial charge is 0.305 e. The third kappa shape index (κ3) is 2.97. The van der Waals surface area contributed by atoms with Gasteiger partial charge in [0.25, 0.3) is 0 Å². The number of nitrogens with two attached hydrogens (primary N) is 1. The van der Waals surface area contributed by atoms with Gasteiger partial charge in [-0.2, -0.15) is 0 Å². The lowest BCUT2D eigenvalue weighted by atomic mass is 10.1. The van der Waals surface area contributed by atoms with E-state index in [0.29, 0.717) is 10.6 Å². The van der Waals surface area contributed by atoms with Crippen LogP contribution in [0.3, 0.4) is 0 Å². The fourth-order valence-corrected chi connectivity index (χ4v) is 1.73. The van der Waals surface area contributed by atoms with Gasteiger partial charge < -0.3 is 10.8 Å². The zero-order chi connectivity index (χ0) is 10.7. The molecule has 0 radical (unpaired) electrons. The summed E-state index contributed by atoms with van der Waals surface area (Å²) in [7, 11) is 0. The van der Waals surface area contributed by atoms with Gasteiger partial charge in [-0.3, -0.25) is 4.79 Å². The van der Waals surface area contributed by atoms with Crippen LogP contribution >= 0.6 is 27.5 Å². The Morgan fingerprint density at radius 2 is 2.29 bits per heavy atom. The lowest BCUT2D eigenvalue weighted by Crippen LogP contribution is -2.15. The number of hydrogen-bond acceptors (Lipinski definition) is 2. The highest BCUT2D eigenvalue weighted by molar-refractivity contribution is 9.10. The van der Waals surface area contributed by atoms with Gasteiger partial charge in [0.15, 0.2) is 0 Å². The maximum absolute atomic E-state index is 10.4. The molecule has 14 heavy (non-hydrogen) atoms. The Bertz CT molecular complexity index is 357. The number of carboxylic acids is 1. The average Bonchev–Trinajstić information content (AvgIpc) is 2.08. The summed E-state index contributed by atoms with van der Waals surface area (Å²) in [6, 6.07) is 4.62. The van der Waals surface area contributed by atoms with E-state index in [2.05, 4.69) is 15.9 Å². The maximum atomic E-state index is 10.4. The molecule has 0 aliphatic rings. The van der Waals surface area contributed by atoms with E-state index in [4.69, 9.17) is 22.4 Å². The minimum Gasteiger partial charge on any atom is -0.481 e. The first kappa shape index (κ1) is 11.5. The molecule has 1 atom stereocenters. The SMILES string of the molecule is N[C@@H](CC(=O)O)c1cc(Br)ccc1Cl. The highest BCUT2D eigenvalue weighted by Crippen LogP contribution is 2.26. The van der Waals surface area contributed by atoms with Crippen LogP contribution in [-0.4, -0.2) is 11.1 Å². The largest absolute Gasteiger partial charge is 0.481 e. The van der Waals surface area contributed by atoms with E-state index in [1.165, 1.54) is 0 Å². The summed E-state index contributed by atoms with van der Waals surface area (Å²) in [6.07, 6.45) is -0.129. The van der Waals surface area contributed by atoms with Gasteiger partial charge in [0.1, 0.15) is 0 Å². The summed E-state index contributed by atoms with van der Waals surface area (Å²) in [5.41, 5.74) is 6.32. The highest BCUT2D eigenvalue weighted by Gasteiger charge is 2.13. The zero-order valence-electron chi connectivity index (χ0n) is 7.21. The van der Waals surface area contributed by atoms with Gasteiger partial charge in [-0.15, -0.1) is 0 Å². The Balaban J connectivity index is 2.93. The molecule has 0 saturated carbocycles. The van der Waals surface area contributed by atoms with Crippen molar-refractivity contribution >= 4 is 33.5 Å². The molecule has 76 valence electrons. The van der Waals surface area contributed by atoms with Crippen molar-refractivity contribution in [3.8, 4) is 0 Å². The molecule has 0 bridgehead atoms. The Labute approximate surface area is 95.0 Å². The predicted octanol–water partition coefficient (Wildman–Crippen LogP) is 2.58. The summed E-state index contributed by atoms with van der Waals surface area (Å²) in [5, 5.41) is 9.06. The Morgan fingerprint density at radius 3 is 2.86 bits per heavy atom. The first-order valence-corrected chi connectivity index (χ1v) is 5.10. The Hall–Kier alpha value is -0.580. The topological polar surface area (TPSA) is 63.3 Å². The average molecular weight is 279 g/mol. The van der Waals surface area contributed by atoms with Gasteiger partial charge >= 0.3 is 5.97 Å². The number of carboxylic acid groups (broad SMARTS) is 1. The van der Waals surface area contributed by atoms with Crippen LogP contribution in [0.1, 0.15) is 18.0 Å². The molecule has 0 heterocycles. The van der Waals surface area contributed by atoms with Crippen molar-refractivity contribution in [3.05, 3.63) is 33.3 Å². The van der Waals surface area contributed by atoms with Crippen molar-refractivity contribution in [2.24, 2.45) is 5.73 Å². The molecule has 0 spiro atoms. The number of benzene rings is 1. The molecule has 3 nitrogen and oxygen atoms in total. The van der Waals surface area contributed by atoms with Crippen molar-refractivity contribution < 1.29 is 9.90 Å². The third-order valence-electron chi connectivity index (χ3n) is 1.75. The Morgan fingerprint density at radius 1 is 1.64 bits per heavy atom. The monoisotopic (exact) mass is 277 g/mol. The van der Waals surface area contributed by atoms with E-state index in [9.17, 15) is 4.79 Å². The highest BCUT2D eigenvalue weighted by atomic mass is 79.9. The van der Waals surface area contributed by atoms with E-state index in [1.54, 1.807) is 18.2 Å². The second kappa shape index (κ2) is 4.77. The number of carbonyl (C=O) groups is 1. The Kier molecular flexibility index (Phi) is 3.92. The molecule has 0 unspecified atom stereocenters. The first-order chi connectivity index (χ1) is 6.50. The molecule has 5 heteroatoms. The molecule has 1 aromatic rings. The molecule has 3 N–H and O–H groups in total. The summed E-state index contributed by atoms with van der Waals surface area (Å²) >= 11 is 9.15. The molecule has 0 saturated heterocycles. The van der Waals surface area contributed by atoms with Crippen LogP contribution < -0.4 is 5.73 Å². The van der Waals surface area contributed by atoms with Crippen LogP contribution in [0, 0.1) is 0 Å². The van der Waals surface area contributed by atoms with Crippen LogP contribution in [0.25, 0.3) is 0 Å². The molecule has 0 aliphatic heterocycles. The van der Waals surface area contributed by atoms with Crippen molar-refractivity contribution in [1.82, 2.24) is 0 Å². The third-order valence-corrected chi connectivity index (χ3v) is 2.59. The normalized spacial score (nSPS) is 12.5. The summed E-state index contributed by atoms with van der Waals surface area (Å²) in [5.74, 6) is -0.937. The lowest BCUT2D eigenvalue weighted by molar-refractivity contribution is -0.137. The van der Waals surface area contributed by atoms with Gasteiger partial charge in [-0.1, -0.05) is 27.5 Å². The van der Waals surface area contributed by atoms with Crippen molar-refractivity contribution in [1.29, 1.82) is 0 Å². The van der Waals surface area contributed by atoms with E-state index in [0.717, 1.165) is 4.47 Å². The van der Waals surface area contributed by atoms with Crippen molar-refractivity contribution in [2.45, 2.75) is 12.5 Å². The number of rotatable bonds is 3. The lowest BCUT2D eigenvalue weighted by Gasteiger charge is -2.11. The van der Waals surface area contributed by atoms with Gasteiger partial charge in [0.05, 0.1) is 6.42 Å². The fraction of sp³-hybridized carbons (Fsp3) is 0.222. The molecular weight excluding hydrogens is 269 g/mol. The number of aliphatic carboxylic acids is 1. The van der Waals surface area contributed by atoms with E-state index in [1.807, 2.05) is 0 Å². The van der Waals surface area contributed by atoms with Crippen LogP contribution in [0.15, 0.2) is 22.7 Å². The summed E-state index contributed by atoms with van der Waals surface area (Å²) < 4.78 is 0.831. The standard InChI is InChI=1S/C9H9BrClNO2/c10-5-1-2-7(11)6(3-5)8(12)4-9(13)14/h1-3,8H,4,12H2,(H,13,14)/t8-/m0/s1. The predicted molar refractivity (Wildman–Crippen MR) is 58.3 cm³/mol. The van der Waals surface area contributed by atoms with E-state index in [-0.39, 0.29) is 6.42 Å². The first-order valence-electron chi connectivity index (χ1n) is 3.93. The van der Waals surface area contributed by atoms with Crippen molar-refractivity contribution in [3.63, 3.8) is 0 Å². The minimum absolute atomic E-state index is 0.129. The number of halogens is 2. The molecule has 0 aliphatic carbocycles. The summed E-state index contributed by atoms with van der Waals surface area (Å²) in [4.78, 5) is 10.4. The molecule has 1 rings (SSSR count). The number of hydrogen-bond donors (Lipinski definition) is 2. The quantitative estimate of drug-likeness (QED) is 0.893. The maximum Gasteiger partial charge on any atom is 0.305 e. The molecule has 1 aromatic carbocycles. The van der Waals surface area contributed by atoms with Gasteiger partial charge in [-0.25, -0.2) is 0 Å². The zero-order valence-corrected chi connectivity index (χ0v) is 9.55. The second-order valence-electron chi connectivity index (χ2n) is 2.87. The van der Waals surface area contributed by atoms with E-state index >= 15 is 0 Å². The molecular formula is C9H9BrClNO2. The second-order valence-corrected chi connectivity index (χ2v) is 4.19. The molecule has 0 amide bonds. The minimum atomic E-state index is -0.937. The van der Waals surface area contributed by atoms with Gasteiger partial charge in [0.2, 0.25) is 0 Å². The summed E-state index contributed by atoms with van der Waals surface area (Å²) in [6.45, 7) is 0. The van der Waals surface area contributed by atoms with Crippen molar-refractivity contribution in [2.75, 3.05) is 0 Å². The molecule has 0 fully saturated rings. The van der Waals surface area contributed by atoms with Crippen LogP contribution in [-0.2, 0) is 4.79 Å². The fourth-order valence-electron chi connectivity index (χ4n) is 1.10. The van der Waals surface area contributed by atoms with Crippen LogP contribution in [0.5, 0.6) is 0 Å².